The molecular formula is C16H14N6O2S. The molecule has 0 spiro atoms. The van der Waals surface area contributed by atoms with Crippen molar-refractivity contribution in [2.45, 2.75) is 13.8 Å². The van der Waals surface area contributed by atoms with Gasteiger partial charge < -0.3 is 0 Å². The molecule has 0 N–H and O–H groups in total. The zero-order valence-electron chi connectivity index (χ0n) is 13.5. The molecule has 0 amide bonds. The molecule has 25 heavy (non-hydrogen) atoms. The average Bonchev–Trinajstić information content (AvgIpc) is 3.01. The maximum Gasteiger partial charge on any atom is 0.269 e. The van der Waals surface area contributed by atoms with E-state index >= 15 is 0 Å². The van der Waals surface area contributed by atoms with Gasteiger partial charge in [0.1, 0.15) is 5.01 Å². The van der Waals surface area contributed by atoms with Gasteiger partial charge in [0.25, 0.3) is 5.69 Å². The van der Waals surface area contributed by atoms with Gasteiger partial charge >= 0.3 is 0 Å². The highest BCUT2D eigenvalue weighted by molar-refractivity contribution is 7.08. The molecule has 3 rings (SSSR count). The summed E-state index contributed by atoms with van der Waals surface area (Å²) >= 11 is 1.38. The predicted molar refractivity (Wildman–Crippen MR) is 94.8 cm³/mol. The van der Waals surface area contributed by atoms with Crippen LogP contribution in [0.2, 0.25) is 0 Å². The maximum absolute atomic E-state index is 10.8. The van der Waals surface area contributed by atoms with E-state index in [9.17, 15) is 10.1 Å². The highest BCUT2D eigenvalue weighted by Gasteiger charge is 2.08. The monoisotopic (exact) mass is 354 g/mol. The van der Waals surface area contributed by atoms with Crippen LogP contribution < -0.4 is 4.80 Å². The Morgan fingerprint density at radius 3 is 2.64 bits per heavy atom. The van der Waals surface area contributed by atoms with E-state index in [0.717, 1.165) is 10.7 Å². The third kappa shape index (κ3) is 3.83. The van der Waals surface area contributed by atoms with Gasteiger partial charge in [-0.15, -0.1) is 5.10 Å². The molecule has 0 unspecified atom stereocenters. The van der Waals surface area contributed by atoms with Crippen LogP contribution in [-0.4, -0.2) is 25.4 Å². The number of non-ortho nitro benzene ring substituents is 1. The minimum absolute atomic E-state index is 0.0267. The first kappa shape index (κ1) is 16.7. The van der Waals surface area contributed by atoms with E-state index in [4.69, 9.17) is 0 Å². The Balaban J connectivity index is 2.00. The van der Waals surface area contributed by atoms with Crippen molar-refractivity contribution < 1.29 is 4.92 Å². The normalized spacial score (nSPS) is 12.4. The van der Waals surface area contributed by atoms with Crippen LogP contribution in [0.25, 0.3) is 5.69 Å². The Bertz CT molecular complexity index is 989. The van der Waals surface area contributed by atoms with Crippen molar-refractivity contribution in [2.75, 3.05) is 0 Å². The molecule has 0 aliphatic rings. The number of benzene rings is 1. The van der Waals surface area contributed by atoms with E-state index < -0.39 is 4.92 Å². The Morgan fingerprint density at radius 2 is 2.00 bits per heavy atom. The lowest BCUT2D eigenvalue weighted by Crippen LogP contribution is -2.14. The fraction of sp³-hybridized carbons (Fsp3) is 0.125. The number of hydrogen-bond acceptors (Lipinski definition) is 7. The first-order chi connectivity index (χ1) is 12.0. The second-order valence-corrected chi connectivity index (χ2v) is 6.25. The first-order valence-electron chi connectivity index (χ1n) is 7.36. The molecule has 0 radical (unpaired) electrons. The summed E-state index contributed by atoms with van der Waals surface area (Å²) in [5.74, 6) is 0. The van der Waals surface area contributed by atoms with Crippen LogP contribution in [0.3, 0.4) is 0 Å². The highest BCUT2D eigenvalue weighted by atomic mass is 32.1. The predicted octanol–water partition coefficient (Wildman–Crippen LogP) is 2.87. The van der Waals surface area contributed by atoms with Crippen molar-refractivity contribution in [3.63, 3.8) is 0 Å². The molecule has 0 saturated heterocycles. The molecule has 2 aromatic heterocycles. The SMILES string of the molecule is CC(=NN=c1sc(C)nn1-c1ccc([N+](=O)[O-])cc1)c1ccccn1. The third-order valence-electron chi connectivity index (χ3n) is 3.29. The number of nitro groups is 1. The lowest BCUT2D eigenvalue weighted by molar-refractivity contribution is -0.384. The Labute approximate surface area is 147 Å². The van der Waals surface area contributed by atoms with Crippen molar-refractivity contribution in [2.24, 2.45) is 10.2 Å². The summed E-state index contributed by atoms with van der Waals surface area (Å²) in [4.78, 5) is 15.1. The van der Waals surface area contributed by atoms with E-state index in [1.165, 1.54) is 23.5 Å². The maximum atomic E-state index is 10.8. The number of nitrogens with zero attached hydrogens (tertiary/aromatic N) is 6. The molecule has 0 fully saturated rings. The van der Waals surface area contributed by atoms with Crippen LogP contribution >= 0.6 is 11.3 Å². The standard InChI is InChI=1S/C16H14N6O2S/c1-11(15-5-3-4-10-17-15)18-19-16-21(20-12(2)25-16)13-6-8-14(9-7-13)22(23)24/h3-10H,1-2H3. The molecule has 0 bridgehead atoms. The van der Waals surface area contributed by atoms with Gasteiger partial charge in [-0.05, 0) is 38.1 Å². The van der Waals surface area contributed by atoms with Crippen molar-refractivity contribution in [3.8, 4) is 5.69 Å². The van der Waals surface area contributed by atoms with Gasteiger partial charge in [0.15, 0.2) is 0 Å². The number of aromatic nitrogens is 3. The lowest BCUT2D eigenvalue weighted by atomic mass is 10.3. The molecular weight excluding hydrogens is 340 g/mol. The van der Waals surface area contributed by atoms with Crippen LogP contribution in [0.15, 0.2) is 58.9 Å². The smallest absolute Gasteiger partial charge is 0.258 e. The Kier molecular flexibility index (Phi) is 4.75. The Morgan fingerprint density at radius 1 is 1.24 bits per heavy atom. The van der Waals surface area contributed by atoms with Gasteiger partial charge in [-0.25, -0.2) is 4.68 Å². The minimum Gasteiger partial charge on any atom is -0.258 e. The van der Waals surface area contributed by atoms with Gasteiger partial charge in [-0.1, -0.05) is 17.4 Å². The van der Waals surface area contributed by atoms with Gasteiger partial charge in [-0.3, -0.25) is 15.1 Å². The van der Waals surface area contributed by atoms with Crippen LogP contribution in [-0.2, 0) is 0 Å². The lowest BCUT2D eigenvalue weighted by Gasteiger charge is -2.00. The summed E-state index contributed by atoms with van der Waals surface area (Å²) in [6.07, 6.45) is 1.70. The summed E-state index contributed by atoms with van der Waals surface area (Å²) < 4.78 is 1.61. The fourth-order valence-electron chi connectivity index (χ4n) is 2.07. The largest absolute Gasteiger partial charge is 0.269 e. The average molecular weight is 354 g/mol. The van der Waals surface area contributed by atoms with Crippen LogP contribution in [0.5, 0.6) is 0 Å². The van der Waals surface area contributed by atoms with Crippen LogP contribution in [0.1, 0.15) is 17.6 Å². The van der Waals surface area contributed by atoms with E-state index in [-0.39, 0.29) is 5.69 Å². The molecule has 1 aromatic carbocycles. The number of rotatable bonds is 4. The van der Waals surface area contributed by atoms with E-state index in [1.807, 2.05) is 32.0 Å². The zero-order valence-corrected chi connectivity index (χ0v) is 14.3. The summed E-state index contributed by atoms with van der Waals surface area (Å²) in [6.45, 7) is 3.69. The van der Waals surface area contributed by atoms with E-state index in [0.29, 0.717) is 16.2 Å². The second kappa shape index (κ2) is 7.14. The van der Waals surface area contributed by atoms with Crippen LogP contribution in [0.4, 0.5) is 5.69 Å². The molecule has 0 aliphatic heterocycles. The first-order valence-corrected chi connectivity index (χ1v) is 8.17. The number of aryl methyl sites for hydroxylation is 1. The molecule has 126 valence electrons. The molecule has 0 aliphatic carbocycles. The van der Waals surface area contributed by atoms with Gasteiger partial charge in [0.2, 0.25) is 4.80 Å². The number of pyridine rings is 1. The number of nitro benzene ring substituents is 1. The second-order valence-electron chi connectivity index (χ2n) is 5.09. The molecule has 3 aromatic rings. The summed E-state index contributed by atoms with van der Waals surface area (Å²) in [5, 5.41) is 24.5. The molecule has 0 saturated carbocycles. The van der Waals surface area contributed by atoms with E-state index in [2.05, 4.69) is 20.3 Å². The Hall–Kier alpha value is -3.20. The minimum atomic E-state index is -0.438. The van der Waals surface area contributed by atoms with Gasteiger partial charge in [0.05, 0.1) is 22.0 Å². The van der Waals surface area contributed by atoms with E-state index in [1.54, 1.807) is 23.0 Å². The summed E-state index contributed by atoms with van der Waals surface area (Å²) in [6, 6.07) is 11.7. The quantitative estimate of drug-likeness (QED) is 0.408. The number of hydrogen-bond donors (Lipinski definition) is 0. The summed E-state index contributed by atoms with van der Waals surface area (Å²) in [7, 11) is 0. The van der Waals surface area contributed by atoms with Crippen molar-refractivity contribution >= 4 is 22.7 Å². The van der Waals surface area contributed by atoms with Gasteiger partial charge in [-0.2, -0.15) is 10.2 Å². The van der Waals surface area contributed by atoms with Crippen molar-refractivity contribution in [3.05, 3.63) is 74.3 Å². The molecule has 9 heteroatoms. The topological polar surface area (TPSA) is 98.6 Å². The molecule has 8 nitrogen and oxygen atoms in total. The summed E-state index contributed by atoms with van der Waals surface area (Å²) in [5.41, 5.74) is 2.13. The van der Waals surface area contributed by atoms with Crippen molar-refractivity contribution in [1.82, 2.24) is 14.8 Å². The van der Waals surface area contributed by atoms with Gasteiger partial charge in [0, 0.05) is 18.3 Å². The molecule has 0 atom stereocenters. The molecule has 2 heterocycles. The third-order valence-corrected chi connectivity index (χ3v) is 4.10. The van der Waals surface area contributed by atoms with Crippen LogP contribution in [0, 0.1) is 17.0 Å². The fourth-order valence-corrected chi connectivity index (χ4v) is 2.77. The van der Waals surface area contributed by atoms with Crippen molar-refractivity contribution in [1.29, 1.82) is 0 Å². The zero-order chi connectivity index (χ0) is 17.8. The highest BCUT2D eigenvalue weighted by Crippen LogP contribution is 2.14.